The van der Waals surface area contributed by atoms with Crippen molar-refractivity contribution in [1.29, 1.82) is 0 Å². The fraction of sp³-hybridized carbons (Fsp3) is 0.625. The molecule has 0 saturated carbocycles. The molecule has 1 atom stereocenters. The Morgan fingerprint density at radius 1 is 1.31 bits per heavy atom. The highest BCUT2D eigenvalue weighted by molar-refractivity contribution is 5.25. The number of hydrogen-bond donors (Lipinski definition) is 2. The molecule has 13 heavy (non-hydrogen) atoms. The Bertz CT molecular complexity index is 289. The third-order valence-corrected chi connectivity index (χ3v) is 1.74. The number of aliphatic hydroxyl groups excluding tert-OH is 1. The average molecular weight is 182 g/mol. The predicted molar refractivity (Wildman–Crippen MR) is 49.5 cm³/mol. The van der Waals surface area contributed by atoms with Crippen LogP contribution < -0.4 is 5.32 Å². The van der Waals surface area contributed by atoms with E-state index in [4.69, 9.17) is 5.11 Å². The number of aryl methyl sites for hydroxylation is 2. The fourth-order valence-corrected chi connectivity index (χ4v) is 0.784. The van der Waals surface area contributed by atoms with Gasteiger partial charge in [0.05, 0.1) is 18.0 Å². The molecule has 1 heterocycles. The zero-order chi connectivity index (χ0) is 9.84. The minimum absolute atomic E-state index is 0.0519. The van der Waals surface area contributed by atoms with Crippen molar-refractivity contribution in [2.24, 2.45) is 0 Å². The molecule has 0 aliphatic carbocycles. The molecule has 0 bridgehead atoms. The minimum Gasteiger partial charge on any atom is -0.394 e. The lowest BCUT2D eigenvalue weighted by Crippen LogP contribution is -2.21. The van der Waals surface area contributed by atoms with Crippen LogP contribution in [0.25, 0.3) is 0 Å². The molecule has 0 aliphatic heterocycles. The molecule has 2 N–H and O–H groups in total. The van der Waals surface area contributed by atoms with Crippen LogP contribution in [0.1, 0.15) is 18.3 Å². The Kier molecular flexibility index (Phi) is 3.13. The van der Waals surface area contributed by atoms with E-state index in [0.29, 0.717) is 5.95 Å². The Morgan fingerprint density at radius 2 is 2.00 bits per heavy atom. The summed E-state index contributed by atoms with van der Waals surface area (Å²) in [5, 5.41) is 19.5. The van der Waals surface area contributed by atoms with Gasteiger partial charge in [0, 0.05) is 6.04 Å². The maximum absolute atomic E-state index is 8.78. The molecule has 1 aromatic heterocycles. The summed E-state index contributed by atoms with van der Waals surface area (Å²) in [5.74, 6) is 0.463. The van der Waals surface area contributed by atoms with Gasteiger partial charge in [-0.1, -0.05) is 0 Å². The third-order valence-electron chi connectivity index (χ3n) is 1.74. The summed E-state index contributed by atoms with van der Waals surface area (Å²) >= 11 is 0. The van der Waals surface area contributed by atoms with E-state index < -0.39 is 0 Å². The monoisotopic (exact) mass is 182 g/mol. The van der Waals surface area contributed by atoms with Gasteiger partial charge in [0.1, 0.15) is 0 Å². The van der Waals surface area contributed by atoms with Crippen molar-refractivity contribution < 1.29 is 5.11 Å². The number of nitrogens with zero attached hydrogens (tertiary/aromatic N) is 3. The molecule has 0 saturated heterocycles. The Hall–Kier alpha value is -1.23. The predicted octanol–water partition coefficient (Wildman–Crippen LogP) is 0.281. The molecular weight excluding hydrogens is 168 g/mol. The van der Waals surface area contributed by atoms with E-state index in [1.165, 1.54) is 0 Å². The highest BCUT2D eigenvalue weighted by Crippen LogP contribution is 2.02. The molecule has 0 spiro atoms. The maximum Gasteiger partial charge on any atom is 0.243 e. The highest BCUT2D eigenvalue weighted by Gasteiger charge is 2.04. The van der Waals surface area contributed by atoms with E-state index in [2.05, 4.69) is 20.5 Å². The first-order chi connectivity index (χ1) is 6.13. The number of anilines is 1. The molecule has 0 radical (unpaired) electrons. The quantitative estimate of drug-likeness (QED) is 0.702. The van der Waals surface area contributed by atoms with Crippen molar-refractivity contribution >= 4 is 5.95 Å². The largest absolute Gasteiger partial charge is 0.394 e. The molecule has 72 valence electrons. The molecule has 0 aliphatic rings. The van der Waals surface area contributed by atoms with E-state index >= 15 is 0 Å². The van der Waals surface area contributed by atoms with Crippen molar-refractivity contribution in [2.45, 2.75) is 26.8 Å². The molecule has 5 heteroatoms. The lowest BCUT2D eigenvalue weighted by Gasteiger charge is -2.10. The molecule has 1 rings (SSSR count). The summed E-state index contributed by atoms with van der Waals surface area (Å²) in [6.07, 6.45) is 0. The first-order valence-electron chi connectivity index (χ1n) is 4.18. The SMILES string of the molecule is Cc1nnc(NC(C)CO)nc1C. The highest BCUT2D eigenvalue weighted by atomic mass is 16.3. The molecule has 0 amide bonds. The fourth-order valence-electron chi connectivity index (χ4n) is 0.784. The van der Waals surface area contributed by atoms with E-state index in [1.54, 1.807) is 0 Å². The summed E-state index contributed by atoms with van der Waals surface area (Å²) in [4.78, 5) is 4.16. The van der Waals surface area contributed by atoms with Crippen molar-refractivity contribution in [2.75, 3.05) is 11.9 Å². The summed E-state index contributed by atoms with van der Waals surface area (Å²) in [6.45, 7) is 5.63. The number of hydrogen-bond acceptors (Lipinski definition) is 5. The second kappa shape index (κ2) is 4.13. The average Bonchev–Trinajstić information content (AvgIpc) is 2.11. The standard InChI is InChI=1S/C8H14N4O/c1-5(4-13)9-8-10-6(2)7(3)11-12-8/h5,13H,4H2,1-3H3,(H,9,10,12). The molecule has 5 nitrogen and oxygen atoms in total. The van der Waals surface area contributed by atoms with Crippen LogP contribution in [0.5, 0.6) is 0 Å². The van der Waals surface area contributed by atoms with Gasteiger partial charge >= 0.3 is 0 Å². The smallest absolute Gasteiger partial charge is 0.243 e. The van der Waals surface area contributed by atoms with Gasteiger partial charge < -0.3 is 10.4 Å². The van der Waals surface area contributed by atoms with Crippen LogP contribution in [0.3, 0.4) is 0 Å². The van der Waals surface area contributed by atoms with Crippen LogP contribution in [0, 0.1) is 13.8 Å². The Balaban J connectivity index is 2.73. The zero-order valence-corrected chi connectivity index (χ0v) is 8.07. The number of aromatic nitrogens is 3. The Morgan fingerprint density at radius 3 is 2.54 bits per heavy atom. The second-order valence-electron chi connectivity index (χ2n) is 3.03. The van der Waals surface area contributed by atoms with Crippen molar-refractivity contribution in [3.05, 3.63) is 11.4 Å². The van der Waals surface area contributed by atoms with Gasteiger partial charge in [0.25, 0.3) is 0 Å². The van der Waals surface area contributed by atoms with Gasteiger partial charge in [0.2, 0.25) is 5.95 Å². The van der Waals surface area contributed by atoms with Gasteiger partial charge in [-0.2, -0.15) is 5.10 Å². The van der Waals surface area contributed by atoms with Gasteiger partial charge in [-0.25, -0.2) is 4.98 Å². The second-order valence-corrected chi connectivity index (χ2v) is 3.03. The van der Waals surface area contributed by atoms with Crippen LogP contribution in [0.4, 0.5) is 5.95 Å². The summed E-state index contributed by atoms with van der Waals surface area (Å²) in [6, 6.07) is -0.0519. The van der Waals surface area contributed by atoms with E-state index in [-0.39, 0.29) is 12.6 Å². The van der Waals surface area contributed by atoms with Gasteiger partial charge in [-0.3, -0.25) is 0 Å². The lowest BCUT2D eigenvalue weighted by molar-refractivity contribution is 0.281. The first-order valence-corrected chi connectivity index (χ1v) is 4.18. The number of rotatable bonds is 3. The van der Waals surface area contributed by atoms with Crippen LogP contribution in [-0.4, -0.2) is 32.9 Å². The number of aliphatic hydroxyl groups is 1. The molecule has 0 fully saturated rings. The normalized spacial score (nSPS) is 12.6. The minimum atomic E-state index is -0.0519. The summed E-state index contributed by atoms with van der Waals surface area (Å²) in [7, 11) is 0. The molecule has 0 aromatic carbocycles. The molecule has 1 unspecified atom stereocenters. The van der Waals surface area contributed by atoms with E-state index in [9.17, 15) is 0 Å². The molecular formula is C8H14N4O. The maximum atomic E-state index is 8.78. The van der Waals surface area contributed by atoms with Crippen molar-refractivity contribution in [1.82, 2.24) is 15.2 Å². The van der Waals surface area contributed by atoms with Crippen LogP contribution >= 0.6 is 0 Å². The summed E-state index contributed by atoms with van der Waals surface area (Å²) in [5.41, 5.74) is 1.67. The lowest BCUT2D eigenvalue weighted by atomic mass is 10.3. The van der Waals surface area contributed by atoms with E-state index in [1.807, 2.05) is 20.8 Å². The van der Waals surface area contributed by atoms with Crippen LogP contribution in [0.15, 0.2) is 0 Å². The van der Waals surface area contributed by atoms with Crippen molar-refractivity contribution in [3.8, 4) is 0 Å². The third kappa shape index (κ3) is 2.62. The molecule has 1 aromatic rings. The summed E-state index contributed by atoms with van der Waals surface area (Å²) < 4.78 is 0. The van der Waals surface area contributed by atoms with Gasteiger partial charge in [-0.05, 0) is 20.8 Å². The topological polar surface area (TPSA) is 70.9 Å². The van der Waals surface area contributed by atoms with E-state index in [0.717, 1.165) is 11.4 Å². The van der Waals surface area contributed by atoms with Crippen molar-refractivity contribution in [3.63, 3.8) is 0 Å². The van der Waals surface area contributed by atoms with Gasteiger partial charge in [-0.15, -0.1) is 5.10 Å². The first kappa shape index (κ1) is 9.85. The zero-order valence-electron chi connectivity index (χ0n) is 8.07. The van der Waals surface area contributed by atoms with Gasteiger partial charge in [0.15, 0.2) is 0 Å². The van der Waals surface area contributed by atoms with Crippen LogP contribution in [-0.2, 0) is 0 Å². The van der Waals surface area contributed by atoms with Crippen LogP contribution in [0.2, 0.25) is 0 Å². The number of nitrogens with one attached hydrogen (secondary N) is 1. The Labute approximate surface area is 77.2 Å².